The Morgan fingerprint density at radius 3 is 2.57 bits per heavy atom. The van der Waals surface area contributed by atoms with Crippen LogP contribution in [0.15, 0.2) is 42.5 Å². The van der Waals surface area contributed by atoms with Crippen LogP contribution in [0.1, 0.15) is 36.0 Å². The molecule has 1 fully saturated rings. The van der Waals surface area contributed by atoms with Gasteiger partial charge in [-0.05, 0) is 37.1 Å². The van der Waals surface area contributed by atoms with Gasteiger partial charge in [0.1, 0.15) is 5.69 Å². The number of carbonyl (C=O) groups excluding carboxylic acids is 1. The molecule has 2 aromatic carbocycles. The Hall–Kier alpha value is -3.42. The van der Waals surface area contributed by atoms with E-state index in [2.05, 4.69) is 15.3 Å². The number of H-pyrrole nitrogens is 1. The van der Waals surface area contributed by atoms with Crippen LogP contribution in [0.3, 0.4) is 0 Å². The monoisotopic (exact) mass is 379 g/mol. The van der Waals surface area contributed by atoms with Gasteiger partial charge in [-0.15, -0.1) is 0 Å². The van der Waals surface area contributed by atoms with Gasteiger partial charge in [-0.3, -0.25) is 20.2 Å². The summed E-state index contributed by atoms with van der Waals surface area (Å²) in [6.07, 6.45) is 4.32. The van der Waals surface area contributed by atoms with Crippen molar-refractivity contribution in [1.82, 2.24) is 9.97 Å². The van der Waals surface area contributed by atoms with Crippen molar-refractivity contribution in [3.05, 3.63) is 58.1 Å². The van der Waals surface area contributed by atoms with Crippen molar-refractivity contribution in [3.8, 4) is 0 Å². The SMILES string of the molecule is O=C(Nc1nc2ccccc2[nH]1)c1ccc(N2CCCCCC2)c([N+](=O)[O-])c1. The fourth-order valence-electron chi connectivity index (χ4n) is 3.58. The van der Waals surface area contributed by atoms with Crippen molar-refractivity contribution in [2.75, 3.05) is 23.3 Å². The zero-order valence-corrected chi connectivity index (χ0v) is 15.4. The molecule has 0 saturated carbocycles. The number of nitrogens with zero attached hydrogens (tertiary/aromatic N) is 3. The molecule has 8 heteroatoms. The Labute approximate surface area is 161 Å². The number of hydrogen-bond donors (Lipinski definition) is 2. The van der Waals surface area contributed by atoms with Crippen molar-refractivity contribution >= 4 is 34.3 Å². The van der Waals surface area contributed by atoms with E-state index in [0.29, 0.717) is 11.6 Å². The second kappa shape index (κ2) is 7.67. The molecule has 0 radical (unpaired) electrons. The van der Waals surface area contributed by atoms with Gasteiger partial charge in [-0.1, -0.05) is 25.0 Å². The first-order chi connectivity index (χ1) is 13.6. The lowest BCUT2D eigenvalue weighted by Crippen LogP contribution is -2.25. The summed E-state index contributed by atoms with van der Waals surface area (Å²) in [5.74, 6) is -0.130. The maximum absolute atomic E-state index is 12.6. The van der Waals surface area contributed by atoms with E-state index in [9.17, 15) is 14.9 Å². The van der Waals surface area contributed by atoms with Crippen molar-refractivity contribution < 1.29 is 9.72 Å². The van der Waals surface area contributed by atoms with Crippen LogP contribution in [0.25, 0.3) is 11.0 Å². The summed E-state index contributed by atoms with van der Waals surface area (Å²) in [6.45, 7) is 1.59. The molecule has 144 valence electrons. The zero-order chi connectivity index (χ0) is 19.5. The van der Waals surface area contributed by atoms with Gasteiger partial charge in [0.15, 0.2) is 0 Å². The first-order valence-corrected chi connectivity index (χ1v) is 9.41. The Morgan fingerprint density at radius 1 is 1.11 bits per heavy atom. The van der Waals surface area contributed by atoms with Crippen LogP contribution in [0, 0.1) is 10.1 Å². The lowest BCUT2D eigenvalue weighted by molar-refractivity contribution is -0.384. The van der Waals surface area contributed by atoms with E-state index in [1.165, 1.54) is 6.07 Å². The van der Waals surface area contributed by atoms with Crippen LogP contribution in [0.4, 0.5) is 17.3 Å². The van der Waals surface area contributed by atoms with Crippen molar-refractivity contribution in [2.24, 2.45) is 0 Å². The molecule has 2 N–H and O–H groups in total. The molecule has 2 heterocycles. The van der Waals surface area contributed by atoms with E-state index < -0.39 is 10.8 Å². The molecular formula is C20H21N5O3. The Kier molecular flexibility index (Phi) is 4.92. The van der Waals surface area contributed by atoms with Gasteiger partial charge in [0.25, 0.3) is 11.6 Å². The predicted molar refractivity (Wildman–Crippen MR) is 108 cm³/mol. The standard InChI is InChI=1S/C20H21N5O3/c26-19(23-20-21-15-7-3-4-8-16(15)22-20)14-9-10-17(18(13-14)25(27)28)24-11-5-1-2-6-12-24/h3-4,7-10,13H,1-2,5-6,11-12H2,(H2,21,22,23,26). The minimum atomic E-state index is -0.440. The Bertz CT molecular complexity index is 989. The molecule has 28 heavy (non-hydrogen) atoms. The lowest BCUT2D eigenvalue weighted by Gasteiger charge is -2.22. The Morgan fingerprint density at radius 2 is 1.86 bits per heavy atom. The summed E-state index contributed by atoms with van der Waals surface area (Å²) in [5.41, 5.74) is 2.30. The molecule has 1 aliphatic rings. The summed E-state index contributed by atoms with van der Waals surface area (Å²) in [7, 11) is 0. The number of anilines is 2. The normalized spacial score (nSPS) is 14.6. The highest BCUT2D eigenvalue weighted by Gasteiger charge is 2.23. The van der Waals surface area contributed by atoms with E-state index in [4.69, 9.17) is 0 Å². The molecule has 1 aromatic heterocycles. The molecule has 8 nitrogen and oxygen atoms in total. The molecule has 1 saturated heterocycles. The van der Waals surface area contributed by atoms with E-state index in [-0.39, 0.29) is 11.3 Å². The van der Waals surface area contributed by atoms with Crippen molar-refractivity contribution in [3.63, 3.8) is 0 Å². The van der Waals surface area contributed by atoms with Gasteiger partial charge in [-0.25, -0.2) is 4.98 Å². The number of carbonyl (C=O) groups is 1. The average Bonchev–Trinajstić information content (AvgIpc) is 2.91. The van der Waals surface area contributed by atoms with E-state index in [1.807, 2.05) is 29.2 Å². The first kappa shape index (κ1) is 18.0. The van der Waals surface area contributed by atoms with Crippen LogP contribution in [0.5, 0.6) is 0 Å². The number of amides is 1. The van der Waals surface area contributed by atoms with Crippen molar-refractivity contribution in [2.45, 2.75) is 25.7 Å². The summed E-state index contributed by atoms with van der Waals surface area (Å²) in [5, 5.41) is 14.3. The smallest absolute Gasteiger partial charge is 0.293 e. The number of aromatic amines is 1. The molecule has 4 rings (SSSR count). The number of rotatable bonds is 4. The highest BCUT2D eigenvalue weighted by molar-refractivity contribution is 6.04. The number of nitro groups is 1. The second-order valence-corrected chi connectivity index (χ2v) is 6.92. The third-order valence-electron chi connectivity index (χ3n) is 5.00. The molecule has 0 atom stereocenters. The number of benzene rings is 2. The fraction of sp³-hybridized carbons (Fsp3) is 0.300. The predicted octanol–water partition coefficient (Wildman–Crippen LogP) is 4.10. The molecule has 0 spiro atoms. The maximum atomic E-state index is 12.6. The minimum Gasteiger partial charge on any atom is -0.366 e. The third-order valence-corrected chi connectivity index (χ3v) is 5.00. The van der Waals surface area contributed by atoms with Crippen LogP contribution in [-0.2, 0) is 0 Å². The molecule has 0 bridgehead atoms. The number of imidazole rings is 1. The number of fused-ring (bicyclic) bond motifs is 1. The summed E-state index contributed by atoms with van der Waals surface area (Å²) in [6, 6.07) is 12.1. The summed E-state index contributed by atoms with van der Waals surface area (Å²) >= 11 is 0. The third kappa shape index (κ3) is 3.66. The largest absolute Gasteiger partial charge is 0.366 e. The van der Waals surface area contributed by atoms with Crippen LogP contribution in [0.2, 0.25) is 0 Å². The highest BCUT2D eigenvalue weighted by atomic mass is 16.6. The molecule has 1 amide bonds. The Balaban J connectivity index is 1.59. The van der Waals surface area contributed by atoms with Gasteiger partial charge in [-0.2, -0.15) is 0 Å². The number of nitrogens with one attached hydrogen (secondary N) is 2. The second-order valence-electron chi connectivity index (χ2n) is 6.92. The van der Waals surface area contributed by atoms with Gasteiger partial charge in [0.05, 0.1) is 16.0 Å². The van der Waals surface area contributed by atoms with Gasteiger partial charge < -0.3 is 9.88 Å². The van der Waals surface area contributed by atoms with Crippen LogP contribution >= 0.6 is 0 Å². The quantitative estimate of drug-likeness (QED) is 0.524. The summed E-state index contributed by atoms with van der Waals surface area (Å²) < 4.78 is 0. The number of aromatic nitrogens is 2. The summed E-state index contributed by atoms with van der Waals surface area (Å²) in [4.78, 5) is 33.2. The maximum Gasteiger partial charge on any atom is 0.293 e. The van der Waals surface area contributed by atoms with Crippen molar-refractivity contribution in [1.29, 1.82) is 0 Å². The minimum absolute atomic E-state index is 0.0424. The first-order valence-electron chi connectivity index (χ1n) is 9.41. The topological polar surface area (TPSA) is 104 Å². The molecule has 0 unspecified atom stereocenters. The van der Waals surface area contributed by atoms with E-state index >= 15 is 0 Å². The number of nitro benzene ring substituents is 1. The molecular weight excluding hydrogens is 358 g/mol. The molecule has 1 aliphatic heterocycles. The zero-order valence-electron chi connectivity index (χ0n) is 15.4. The van der Waals surface area contributed by atoms with Gasteiger partial charge in [0.2, 0.25) is 5.95 Å². The average molecular weight is 379 g/mol. The van der Waals surface area contributed by atoms with Crippen LogP contribution in [-0.4, -0.2) is 33.9 Å². The number of para-hydroxylation sites is 2. The highest BCUT2D eigenvalue weighted by Crippen LogP contribution is 2.31. The molecule has 0 aliphatic carbocycles. The fourth-order valence-corrected chi connectivity index (χ4v) is 3.58. The lowest BCUT2D eigenvalue weighted by atomic mass is 10.1. The van der Waals surface area contributed by atoms with Crippen LogP contribution < -0.4 is 10.2 Å². The molecule has 3 aromatic rings. The number of hydrogen-bond acceptors (Lipinski definition) is 5. The van der Waals surface area contributed by atoms with E-state index in [1.54, 1.807) is 12.1 Å². The van der Waals surface area contributed by atoms with Gasteiger partial charge >= 0.3 is 0 Å². The van der Waals surface area contributed by atoms with Gasteiger partial charge in [0, 0.05) is 24.7 Å². The van der Waals surface area contributed by atoms with E-state index in [0.717, 1.165) is 49.8 Å².